The van der Waals surface area contributed by atoms with Gasteiger partial charge in [0.25, 0.3) is 5.91 Å². The van der Waals surface area contributed by atoms with Crippen LogP contribution in [0.4, 0.5) is 0 Å². The minimum Gasteiger partial charge on any atom is -0.508 e. The lowest BCUT2D eigenvalue weighted by atomic mass is 10.0. The van der Waals surface area contributed by atoms with Crippen LogP contribution in [0.25, 0.3) is 0 Å². The number of nitrogens with one attached hydrogen (secondary N) is 1. The van der Waals surface area contributed by atoms with Crippen LogP contribution in [-0.2, 0) is 0 Å². The molecule has 0 heterocycles. The topological polar surface area (TPSA) is 75.4 Å². The van der Waals surface area contributed by atoms with E-state index in [2.05, 4.69) is 5.32 Å². The quantitative estimate of drug-likeness (QED) is 0.714. The van der Waals surface area contributed by atoms with Crippen molar-refractivity contribution >= 4 is 5.91 Å². The Morgan fingerprint density at radius 3 is 2.79 bits per heavy atom. The first-order chi connectivity index (χ1) is 9.08. The molecule has 19 heavy (non-hydrogen) atoms. The molecule has 1 amide bonds. The van der Waals surface area contributed by atoms with Gasteiger partial charge in [0.1, 0.15) is 5.75 Å². The summed E-state index contributed by atoms with van der Waals surface area (Å²) in [7, 11) is 0. The molecule has 1 fully saturated rings. The van der Waals surface area contributed by atoms with E-state index >= 15 is 0 Å². The van der Waals surface area contributed by atoms with Crippen LogP contribution in [0.2, 0.25) is 0 Å². The Balaban J connectivity index is 2.05. The Morgan fingerprint density at radius 2 is 2.05 bits per heavy atom. The van der Waals surface area contributed by atoms with E-state index in [4.69, 9.17) is 5.73 Å². The molecule has 2 rings (SSSR count). The normalized spacial score (nSPS) is 23.7. The summed E-state index contributed by atoms with van der Waals surface area (Å²) >= 11 is 0. The molecule has 0 aromatic heterocycles. The van der Waals surface area contributed by atoms with Gasteiger partial charge in [0.05, 0.1) is 0 Å². The minimum atomic E-state index is -0.106. The maximum atomic E-state index is 12.2. The molecule has 1 aromatic rings. The molecule has 4 N–H and O–H groups in total. The molecule has 4 heteroatoms. The summed E-state index contributed by atoms with van der Waals surface area (Å²) in [4.78, 5) is 12.2. The van der Waals surface area contributed by atoms with Crippen molar-refractivity contribution in [2.45, 2.75) is 51.1 Å². The molecule has 0 spiro atoms. The lowest BCUT2D eigenvalue weighted by Gasteiger charge is -2.22. The molecule has 1 saturated carbocycles. The third-order valence-corrected chi connectivity index (χ3v) is 3.84. The zero-order valence-corrected chi connectivity index (χ0v) is 11.4. The number of hydrogen-bond acceptors (Lipinski definition) is 3. The highest BCUT2D eigenvalue weighted by atomic mass is 16.3. The van der Waals surface area contributed by atoms with Gasteiger partial charge < -0.3 is 16.2 Å². The molecular weight excluding hydrogens is 240 g/mol. The predicted octanol–water partition coefficient (Wildman–Crippen LogP) is 2.09. The molecule has 2 atom stereocenters. The highest BCUT2D eigenvalue weighted by Gasteiger charge is 2.22. The second kappa shape index (κ2) is 6.06. The molecule has 0 saturated heterocycles. The van der Waals surface area contributed by atoms with Gasteiger partial charge in [-0.05, 0) is 43.5 Å². The Kier molecular flexibility index (Phi) is 4.43. The van der Waals surface area contributed by atoms with Crippen molar-refractivity contribution in [1.29, 1.82) is 0 Å². The summed E-state index contributed by atoms with van der Waals surface area (Å²) in [5, 5.41) is 12.5. The van der Waals surface area contributed by atoms with Gasteiger partial charge in [-0.3, -0.25) is 4.79 Å². The molecule has 1 aliphatic rings. The number of amides is 1. The number of aryl methyl sites for hydroxylation is 1. The second-order valence-corrected chi connectivity index (χ2v) is 5.38. The van der Waals surface area contributed by atoms with Crippen LogP contribution in [0.15, 0.2) is 18.2 Å². The van der Waals surface area contributed by atoms with E-state index in [1.165, 1.54) is 6.42 Å². The monoisotopic (exact) mass is 262 g/mol. The van der Waals surface area contributed by atoms with Gasteiger partial charge >= 0.3 is 0 Å². The fourth-order valence-electron chi connectivity index (χ4n) is 2.56. The van der Waals surface area contributed by atoms with Crippen LogP contribution in [0.5, 0.6) is 5.75 Å². The fourth-order valence-corrected chi connectivity index (χ4v) is 2.56. The van der Waals surface area contributed by atoms with Crippen molar-refractivity contribution in [3.63, 3.8) is 0 Å². The number of benzene rings is 1. The van der Waals surface area contributed by atoms with Gasteiger partial charge in [0, 0.05) is 17.6 Å². The van der Waals surface area contributed by atoms with E-state index in [0.29, 0.717) is 11.1 Å². The molecule has 104 valence electrons. The van der Waals surface area contributed by atoms with E-state index in [1.807, 2.05) is 0 Å². The molecule has 0 radical (unpaired) electrons. The van der Waals surface area contributed by atoms with Gasteiger partial charge in [0.2, 0.25) is 0 Å². The smallest absolute Gasteiger partial charge is 0.251 e. The molecule has 1 aromatic carbocycles. The van der Waals surface area contributed by atoms with E-state index in [1.54, 1.807) is 25.1 Å². The molecule has 0 aliphatic heterocycles. The average molecular weight is 262 g/mol. The zero-order valence-electron chi connectivity index (χ0n) is 11.4. The van der Waals surface area contributed by atoms with Crippen LogP contribution >= 0.6 is 0 Å². The average Bonchev–Trinajstić information content (AvgIpc) is 2.58. The van der Waals surface area contributed by atoms with Gasteiger partial charge in [-0.1, -0.05) is 19.3 Å². The number of aromatic hydroxyl groups is 1. The van der Waals surface area contributed by atoms with Crippen LogP contribution in [-0.4, -0.2) is 23.1 Å². The predicted molar refractivity (Wildman–Crippen MR) is 75.2 cm³/mol. The number of carbonyl (C=O) groups is 1. The van der Waals surface area contributed by atoms with Crippen molar-refractivity contribution in [2.24, 2.45) is 5.73 Å². The molecule has 4 nitrogen and oxygen atoms in total. The Bertz CT molecular complexity index is 459. The summed E-state index contributed by atoms with van der Waals surface area (Å²) in [5.41, 5.74) is 7.39. The Labute approximate surface area is 114 Å². The van der Waals surface area contributed by atoms with Crippen molar-refractivity contribution < 1.29 is 9.90 Å². The third kappa shape index (κ3) is 3.47. The Morgan fingerprint density at radius 1 is 1.32 bits per heavy atom. The standard InChI is InChI=1S/C15H22N2O2/c1-10-9-11(7-8-14(10)18)15(19)17-13-6-4-2-3-5-12(13)16/h7-9,12-13,18H,2-6,16H2,1H3,(H,17,19). The van der Waals surface area contributed by atoms with Gasteiger partial charge in [-0.2, -0.15) is 0 Å². The molecule has 1 aliphatic carbocycles. The number of nitrogens with two attached hydrogens (primary N) is 1. The summed E-state index contributed by atoms with van der Waals surface area (Å²) in [5.74, 6) is 0.105. The number of rotatable bonds is 2. The van der Waals surface area contributed by atoms with Crippen LogP contribution in [0.3, 0.4) is 0 Å². The van der Waals surface area contributed by atoms with Crippen molar-refractivity contribution in [1.82, 2.24) is 5.32 Å². The number of hydrogen-bond donors (Lipinski definition) is 3. The van der Waals surface area contributed by atoms with E-state index in [0.717, 1.165) is 25.7 Å². The van der Waals surface area contributed by atoms with Crippen LogP contribution < -0.4 is 11.1 Å². The third-order valence-electron chi connectivity index (χ3n) is 3.84. The largest absolute Gasteiger partial charge is 0.508 e. The number of phenolic OH excluding ortho intramolecular Hbond substituents is 1. The highest BCUT2D eigenvalue weighted by molar-refractivity contribution is 5.94. The lowest BCUT2D eigenvalue weighted by Crippen LogP contribution is -2.46. The number of phenols is 1. The van der Waals surface area contributed by atoms with E-state index in [9.17, 15) is 9.90 Å². The van der Waals surface area contributed by atoms with E-state index < -0.39 is 0 Å². The first kappa shape index (κ1) is 13.9. The maximum absolute atomic E-state index is 12.2. The van der Waals surface area contributed by atoms with Crippen LogP contribution in [0.1, 0.15) is 48.0 Å². The van der Waals surface area contributed by atoms with Gasteiger partial charge in [0.15, 0.2) is 0 Å². The summed E-state index contributed by atoms with van der Waals surface area (Å²) < 4.78 is 0. The Hall–Kier alpha value is -1.55. The first-order valence-electron chi connectivity index (χ1n) is 6.94. The molecule has 0 bridgehead atoms. The second-order valence-electron chi connectivity index (χ2n) is 5.38. The van der Waals surface area contributed by atoms with Gasteiger partial charge in [-0.15, -0.1) is 0 Å². The molecular formula is C15H22N2O2. The minimum absolute atomic E-state index is 0.0460. The zero-order chi connectivity index (χ0) is 13.8. The van der Waals surface area contributed by atoms with Crippen molar-refractivity contribution in [2.75, 3.05) is 0 Å². The van der Waals surface area contributed by atoms with Gasteiger partial charge in [-0.25, -0.2) is 0 Å². The van der Waals surface area contributed by atoms with Crippen LogP contribution in [0, 0.1) is 6.92 Å². The molecule has 2 unspecified atom stereocenters. The SMILES string of the molecule is Cc1cc(C(=O)NC2CCCCCC2N)ccc1O. The number of carbonyl (C=O) groups excluding carboxylic acids is 1. The summed E-state index contributed by atoms with van der Waals surface area (Å²) in [6.45, 7) is 1.78. The highest BCUT2D eigenvalue weighted by Crippen LogP contribution is 2.19. The first-order valence-corrected chi connectivity index (χ1v) is 6.94. The fraction of sp³-hybridized carbons (Fsp3) is 0.533. The van der Waals surface area contributed by atoms with Crippen molar-refractivity contribution in [3.05, 3.63) is 29.3 Å². The summed E-state index contributed by atoms with van der Waals surface area (Å²) in [6, 6.07) is 5.00. The maximum Gasteiger partial charge on any atom is 0.251 e. The van der Waals surface area contributed by atoms with E-state index in [-0.39, 0.29) is 23.7 Å². The lowest BCUT2D eigenvalue weighted by molar-refractivity contribution is 0.0928. The van der Waals surface area contributed by atoms with Crippen molar-refractivity contribution in [3.8, 4) is 5.75 Å². The summed E-state index contributed by atoms with van der Waals surface area (Å²) in [6.07, 6.45) is 5.38.